The van der Waals surface area contributed by atoms with E-state index in [-0.39, 0.29) is 12.0 Å². The van der Waals surface area contributed by atoms with Gasteiger partial charge in [0.25, 0.3) is 0 Å². The van der Waals surface area contributed by atoms with Gasteiger partial charge in [-0.1, -0.05) is 31.7 Å². The van der Waals surface area contributed by atoms with Gasteiger partial charge in [-0.3, -0.25) is 4.79 Å². The molecule has 0 aromatic heterocycles. The fourth-order valence-electron chi connectivity index (χ4n) is 1.13. The zero-order chi connectivity index (χ0) is 13.8. The van der Waals surface area contributed by atoms with Crippen LogP contribution in [0.4, 0.5) is 0 Å². The van der Waals surface area contributed by atoms with E-state index in [1.807, 2.05) is 12.2 Å². The van der Waals surface area contributed by atoms with Gasteiger partial charge in [-0.2, -0.15) is 0 Å². The van der Waals surface area contributed by atoms with Crippen LogP contribution in [0.3, 0.4) is 0 Å². The van der Waals surface area contributed by atoms with Gasteiger partial charge in [0.2, 0.25) is 0 Å². The van der Waals surface area contributed by atoms with Crippen LogP contribution in [0.2, 0.25) is 0 Å². The number of rotatable bonds is 9. The van der Waals surface area contributed by atoms with Crippen LogP contribution in [-0.2, 0) is 9.53 Å². The molecule has 0 saturated carbocycles. The molecular weight excluding hydrogens is 248 g/mol. The van der Waals surface area contributed by atoms with Gasteiger partial charge in [0.15, 0.2) is 0 Å². The number of nitrogens with one attached hydrogen (secondary N) is 2. The van der Waals surface area contributed by atoms with E-state index in [4.69, 9.17) is 4.74 Å². The summed E-state index contributed by atoms with van der Waals surface area (Å²) < 4.78 is 7.80. The van der Waals surface area contributed by atoms with Gasteiger partial charge >= 0.3 is 5.97 Å². The molecule has 0 aromatic carbocycles. The molecule has 102 valence electrons. The van der Waals surface area contributed by atoms with Gasteiger partial charge in [0.05, 0.1) is 7.11 Å². The molecule has 0 rings (SSSR count). The van der Waals surface area contributed by atoms with Gasteiger partial charge in [-0.25, -0.2) is 4.72 Å². The third kappa shape index (κ3) is 7.32. The van der Waals surface area contributed by atoms with Crippen molar-refractivity contribution in [1.29, 1.82) is 0 Å². The van der Waals surface area contributed by atoms with Crippen molar-refractivity contribution in [2.45, 2.75) is 19.4 Å². The van der Waals surface area contributed by atoms with E-state index < -0.39 is 0 Å². The molecule has 5 heteroatoms. The number of carbonyl (C=O) groups excluding carboxylic acids is 1. The van der Waals surface area contributed by atoms with E-state index >= 15 is 0 Å². The summed E-state index contributed by atoms with van der Waals surface area (Å²) >= 11 is 1.39. The lowest BCUT2D eigenvalue weighted by Gasteiger charge is -2.15. The van der Waals surface area contributed by atoms with E-state index in [1.165, 1.54) is 19.1 Å². The first-order chi connectivity index (χ1) is 8.69. The minimum atomic E-state index is -0.381. The van der Waals surface area contributed by atoms with E-state index in [1.54, 1.807) is 13.1 Å². The molecule has 0 aliphatic carbocycles. The number of methoxy groups -OCH3 is 1. The highest BCUT2D eigenvalue weighted by atomic mass is 32.2. The molecule has 1 atom stereocenters. The van der Waals surface area contributed by atoms with Gasteiger partial charge in [-0.15, -0.1) is 0 Å². The Bertz CT molecular complexity index is 314. The smallest absolute Gasteiger partial charge is 0.325 e. The monoisotopic (exact) mass is 270 g/mol. The first kappa shape index (κ1) is 17.0. The first-order valence-electron chi connectivity index (χ1n) is 5.83. The minimum absolute atomic E-state index is 0.283. The molecular formula is C13H22N2O2S. The van der Waals surface area contributed by atoms with Crippen molar-refractivity contribution >= 4 is 17.9 Å². The molecule has 0 aliphatic heterocycles. The van der Waals surface area contributed by atoms with Crippen LogP contribution in [0.25, 0.3) is 0 Å². The Hall–Kier alpha value is -1.04. The zero-order valence-electron chi connectivity index (χ0n) is 11.2. The summed E-state index contributed by atoms with van der Waals surface area (Å²) in [6.07, 6.45) is 8.61. The van der Waals surface area contributed by atoms with Crippen molar-refractivity contribution in [1.82, 2.24) is 10.0 Å². The average Bonchev–Trinajstić information content (AvgIpc) is 2.39. The number of hydrogen-bond acceptors (Lipinski definition) is 5. The second-order valence-electron chi connectivity index (χ2n) is 3.47. The van der Waals surface area contributed by atoms with E-state index in [2.05, 4.69) is 29.6 Å². The number of allylic oxidation sites excluding steroid dienone is 4. The summed E-state index contributed by atoms with van der Waals surface area (Å²) in [6.45, 7) is 6.25. The molecule has 1 unspecified atom stereocenters. The number of likely N-dealkylation sites (N-methyl/N-ethyl adjacent to an activating group) is 1. The Labute approximate surface area is 114 Å². The van der Waals surface area contributed by atoms with Crippen LogP contribution < -0.4 is 10.0 Å². The minimum Gasteiger partial charge on any atom is -0.468 e. The molecule has 0 bridgehead atoms. The lowest BCUT2D eigenvalue weighted by Crippen LogP contribution is -2.41. The maximum atomic E-state index is 11.5. The molecule has 4 nitrogen and oxygen atoms in total. The maximum absolute atomic E-state index is 11.5. The fourth-order valence-corrected chi connectivity index (χ4v) is 1.92. The number of hydrogen-bond donors (Lipinski definition) is 2. The maximum Gasteiger partial charge on any atom is 0.325 e. The zero-order valence-corrected chi connectivity index (χ0v) is 12.0. The quantitative estimate of drug-likeness (QED) is 0.381. The Morgan fingerprint density at radius 1 is 1.56 bits per heavy atom. The van der Waals surface area contributed by atoms with Crippen LogP contribution in [0.5, 0.6) is 0 Å². The first-order valence-corrected chi connectivity index (χ1v) is 6.65. The van der Waals surface area contributed by atoms with Crippen molar-refractivity contribution in [3.8, 4) is 0 Å². The van der Waals surface area contributed by atoms with Gasteiger partial charge < -0.3 is 10.1 Å². The molecule has 0 aliphatic rings. The summed E-state index contributed by atoms with van der Waals surface area (Å²) in [5, 5.41) is 2.95. The van der Waals surface area contributed by atoms with E-state index in [9.17, 15) is 4.79 Å². The van der Waals surface area contributed by atoms with Gasteiger partial charge in [0, 0.05) is 11.4 Å². The third-order valence-corrected chi connectivity index (χ3v) is 2.92. The topological polar surface area (TPSA) is 50.4 Å². The van der Waals surface area contributed by atoms with Crippen LogP contribution in [0.15, 0.2) is 35.8 Å². The largest absolute Gasteiger partial charge is 0.468 e. The van der Waals surface area contributed by atoms with Crippen molar-refractivity contribution in [2.24, 2.45) is 0 Å². The van der Waals surface area contributed by atoms with E-state index in [0.29, 0.717) is 6.54 Å². The second kappa shape index (κ2) is 11.1. The molecule has 0 spiro atoms. The molecule has 0 radical (unpaired) electrons. The molecule has 0 amide bonds. The lowest BCUT2D eigenvalue weighted by atomic mass is 10.3. The van der Waals surface area contributed by atoms with Crippen LogP contribution in [0, 0.1) is 0 Å². The Balaban J connectivity index is 4.45. The molecule has 0 aromatic rings. The predicted molar refractivity (Wildman–Crippen MR) is 78.2 cm³/mol. The van der Waals surface area contributed by atoms with E-state index in [0.717, 1.165) is 11.3 Å². The molecule has 0 saturated heterocycles. The normalized spacial score (nSPS) is 13.6. The van der Waals surface area contributed by atoms with Crippen molar-refractivity contribution in [3.63, 3.8) is 0 Å². The highest BCUT2D eigenvalue weighted by molar-refractivity contribution is 8.01. The summed E-state index contributed by atoms with van der Waals surface area (Å²) in [6, 6.07) is -0.381. The van der Waals surface area contributed by atoms with Crippen LogP contribution in [-0.4, -0.2) is 32.7 Å². The lowest BCUT2D eigenvalue weighted by molar-refractivity contribution is -0.142. The standard InChI is InChI=1S/C13H22N2O2S/c1-5-7-9-11(8-6-2)18-15-12(10-14-3)13(16)17-4/h6-9,12,14-15H,2,5,10H2,1,3-4H3/b9-7-,11-8+. The van der Waals surface area contributed by atoms with Crippen molar-refractivity contribution < 1.29 is 9.53 Å². The molecule has 2 N–H and O–H groups in total. The van der Waals surface area contributed by atoms with Crippen molar-refractivity contribution in [2.75, 3.05) is 20.7 Å². The highest BCUT2D eigenvalue weighted by Gasteiger charge is 2.17. The fraction of sp³-hybridized carbons (Fsp3) is 0.462. The third-order valence-electron chi connectivity index (χ3n) is 2.01. The summed E-state index contributed by atoms with van der Waals surface area (Å²) in [5.74, 6) is -0.283. The summed E-state index contributed by atoms with van der Waals surface area (Å²) in [4.78, 5) is 12.5. The Morgan fingerprint density at radius 3 is 2.78 bits per heavy atom. The van der Waals surface area contributed by atoms with Gasteiger partial charge in [-0.05, 0) is 31.5 Å². The average molecular weight is 270 g/mol. The van der Waals surface area contributed by atoms with Crippen LogP contribution >= 0.6 is 11.9 Å². The molecule has 18 heavy (non-hydrogen) atoms. The van der Waals surface area contributed by atoms with Crippen LogP contribution in [0.1, 0.15) is 13.3 Å². The Morgan fingerprint density at radius 2 is 2.28 bits per heavy atom. The number of carbonyl (C=O) groups is 1. The second-order valence-corrected chi connectivity index (χ2v) is 4.38. The van der Waals surface area contributed by atoms with Crippen molar-refractivity contribution in [3.05, 3.63) is 35.8 Å². The molecule has 0 fully saturated rings. The highest BCUT2D eigenvalue weighted by Crippen LogP contribution is 2.15. The summed E-state index contributed by atoms with van der Waals surface area (Å²) in [5.41, 5.74) is 0. The number of ether oxygens (including phenoxy) is 1. The Kier molecular flexibility index (Phi) is 10.4. The predicted octanol–water partition coefficient (Wildman–Crippen LogP) is 2.02. The molecule has 0 heterocycles. The summed E-state index contributed by atoms with van der Waals surface area (Å²) in [7, 11) is 3.18. The van der Waals surface area contributed by atoms with Gasteiger partial charge in [0.1, 0.15) is 6.04 Å². The number of esters is 1. The SMILES string of the molecule is C=C/C=C(\C=C/CC)SNC(CNC)C(=O)OC.